The van der Waals surface area contributed by atoms with Crippen LogP contribution in [0.5, 0.6) is 5.75 Å². The van der Waals surface area contributed by atoms with Crippen molar-refractivity contribution in [3.8, 4) is 5.75 Å². The first-order chi connectivity index (χ1) is 9.86. The first-order valence-electron chi connectivity index (χ1n) is 7.57. The van der Waals surface area contributed by atoms with E-state index < -0.39 is 5.97 Å². The lowest BCUT2D eigenvalue weighted by Crippen LogP contribution is -2.36. The molecule has 4 heteroatoms. The summed E-state index contributed by atoms with van der Waals surface area (Å²) >= 11 is 3.36. The Hall–Kier alpha value is -1.03. The van der Waals surface area contributed by atoms with Crippen molar-refractivity contribution in [1.29, 1.82) is 0 Å². The summed E-state index contributed by atoms with van der Waals surface area (Å²) in [5, 5.41) is 9.15. The van der Waals surface area contributed by atoms with Crippen molar-refractivity contribution in [1.82, 2.24) is 0 Å². The average Bonchev–Trinajstić information content (AvgIpc) is 2.37. The quantitative estimate of drug-likeness (QED) is 0.828. The highest BCUT2D eigenvalue weighted by Gasteiger charge is 2.32. The number of benzene rings is 1. The molecule has 1 aliphatic rings. The predicted molar refractivity (Wildman–Crippen MR) is 86.9 cm³/mol. The number of aromatic carboxylic acids is 1. The van der Waals surface area contributed by atoms with Gasteiger partial charge in [-0.1, -0.05) is 43.1 Å². The van der Waals surface area contributed by atoms with E-state index in [-0.39, 0.29) is 11.7 Å². The van der Waals surface area contributed by atoms with Gasteiger partial charge in [-0.2, -0.15) is 0 Å². The highest BCUT2D eigenvalue weighted by molar-refractivity contribution is 9.10. The predicted octanol–water partition coefficient (Wildman–Crippen LogP) is 4.99. The summed E-state index contributed by atoms with van der Waals surface area (Å²) in [7, 11) is 0. The third-order valence-corrected chi connectivity index (χ3v) is 4.82. The molecular weight excluding hydrogens is 332 g/mol. The van der Waals surface area contributed by atoms with E-state index in [0.717, 1.165) is 10.9 Å². The number of hydrogen-bond donors (Lipinski definition) is 1. The molecule has 3 nitrogen and oxygen atoms in total. The van der Waals surface area contributed by atoms with Crippen LogP contribution in [0.4, 0.5) is 0 Å². The molecule has 0 saturated heterocycles. The number of carboxylic acid groups (broad SMARTS) is 1. The maximum atomic E-state index is 11.1. The van der Waals surface area contributed by atoms with Gasteiger partial charge in [0.05, 0.1) is 5.56 Å². The van der Waals surface area contributed by atoms with Crippen molar-refractivity contribution in [3.63, 3.8) is 0 Å². The summed E-state index contributed by atoms with van der Waals surface area (Å²) in [5.41, 5.74) is 0.254. The van der Waals surface area contributed by atoms with E-state index in [2.05, 4.69) is 36.7 Å². The maximum Gasteiger partial charge on any atom is 0.335 e. The summed E-state index contributed by atoms with van der Waals surface area (Å²) < 4.78 is 6.92. The van der Waals surface area contributed by atoms with E-state index in [1.807, 2.05) is 6.07 Å². The summed E-state index contributed by atoms with van der Waals surface area (Å²) in [6.07, 6.45) is 3.65. The van der Waals surface area contributed by atoms with Crippen LogP contribution in [0.15, 0.2) is 22.7 Å². The minimum Gasteiger partial charge on any atom is -0.490 e. The van der Waals surface area contributed by atoms with E-state index in [9.17, 15) is 4.79 Å². The Morgan fingerprint density at radius 3 is 2.67 bits per heavy atom. The van der Waals surface area contributed by atoms with Crippen LogP contribution in [-0.4, -0.2) is 17.2 Å². The fraction of sp³-hybridized carbons (Fsp3) is 0.588. The van der Waals surface area contributed by atoms with Gasteiger partial charge in [-0.15, -0.1) is 0 Å². The Labute approximate surface area is 134 Å². The van der Waals surface area contributed by atoms with Gasteiger partial charge in [0.15, 0.2) is 0 Å². The Balaban J connectivity index is 2.20. The molecule has 1 saturated carbocycles. The second-order valence-corrected chi connectivity index (χ2v) is 7.38. The molecule has 3 unspecified atom stereocenters. The van der Waals surface area contributed by atoms with Gasteiger partial charge >= 0.3 is 5.97 Å². The van der Waals surface area contributed by atoms with Crippen molar-refractivity contribution >= 4 is 21.9 Å². The molecule has 0 spiro atoms. The van der Waals surface area contributed by atoms with Gasteiger partial charge in [0.2, 0.25) is 0 Å². The van der Waals surface area contributed by atoms with Crippen LogP contribution >= 0.6 is 15.9 Å². The number of ether oxygens (including phenoxy) is 1. The van der Waals surface area contributed by atoms with Gasteiger partial charge in [0.25, 0.3) is 0 Å². The Morgan fingerprint density at radius 1 is 1.33 bits per heavy atom. The van der Waals surface area contributed by atoms with Crippen molar-refractivity contribution in [2.45, 2.75) is 46.1 Å². The molecule has 1 aromatic carbocycles. The fourth-order valence-corrected chi connectivity index (χ4v) is 3.65. The zero-order valence-electron chi connectivity index (χ0n) is 12.8. The molecule has 0 radical (unpaired) electrons. The lowest BCUT2D eigenvalue weighted by Gasteiger charge is -2.37. The van der Waals surface area contributed by atoms with Crippen LogP contribution < -0.4 is 4.74 Å². The average molecular weight is 355 g/mol. The summed E-state index contributed by atoms with van der Waals surface area (Å²) in [6.45, 7) is 6.73. The zero-order valence-corrected chi connectivity index (χ0v) is 14.4. The second kappa shape index (κ2) is 6.82. The fourth-order valence-electron chi connectivity index (χ4n) is 3.18. The number of carbonyl (C=O) groups is 1. The van der Waals surface area contributed by atoms with Crippen LogP contribution in [0.2, 0.25) is 0 Å². The molecule has 2 rings (SSSR count). The minimum absolute atomic E-state index is 0.171. The molecular formula is C17H23BrO3. The van der Waals surface area contributed by atoms with Crippen molar-refractivity contribution in [3.05, 3.63) is 28.2 Å². The van der Waals surface area contributed by atoms with Gasteiger partial charge in [-0.3, -0.25) is 0 Å². The molecule has 1 aliphatic carbocycles. The molecule has 0 aliphatic heterocycles. The molecule has 116 valence electrons. The van der Waals surface area contributed by atoms with Gasteiger partial charge in [-0.25, -0.2) is 4.79 Å². The van der Waals surface area contributed by atoms with Gasteiger partial charge in [-0.05, 0) is 48.8 Å². The third kappa shape index (κ3) is 4.22. The van der Waals surface area contributed by atoms with Crippen molar-refractivity contribution in [2.75, 3.05) is 0 Å². The number of halogens is 1. The normalized spacial score (nSPS) is 25.9. The molecule has 1 N–H and O–H groups in total. The van der Waals surface area contributed by atoms with E-state index in [1.165, 1.54) is 12.8 Å². The highest BCUT2D eigenvalue weighted by Crippen LogP contribution is 2.36. The number of rotatable bonds is 4. The van der Waals surface area contributed by atoms with Crippen LogP contribution in [0.25, 0.3) is 0 Å². The molecule has 21 heavy (non-hydrogen) atoms. The molecule has 0 bridgehead atoms. The lowest BCUT2D eigenvalue weighted by molar-refractivity contribution is 0.0456. The van der Waals surface area contributed by atoms with Gasteiger partial charge < -0.3 is 9.84 Å². The first-order valence-corrected chi connectivity index (χ1v) is 8.36. The zero-order chi connectivity index (χ0) is 15.6. The summed E-state index contributed by atoms with van der Waals surface area (Å²) in [5.74, 6) is 1.49. The van der Waals surface area contributed by atoms with E-state index in [0.29, 0.717) is 23.5 Å². The Kier molecular flexibility index (Phi) is 5.31. The lowest BCUT2D eigenvalue weighted by atomic mass is 9.75. The largest absolute Gasteiger partial charge is 0.490 e. The maximum absolute atomic E-state index is 11.1. The van der Waals surface area contributed by atoms with E-state index in [4.69, 9.17) is 9.84 Å². The van der Waals surface area contributed by atoms with Gasteiger partial charge in [0.1, 0.15) is 11.9 Å². The van der Waals surface area contributed by atoms with Crippen LogP contribution in [0.1, 0.15) is 50.4 Å². The monoisotopic (exact) mass is 354 g/mol. The van der Waals surface area contributed by atoms with Crippen molar-refractivity contribution in [2.24, 2.45) is 17.8 Å². The Morgan fingerprint density at radius 2 is 2.05 bits per heavy atom. The minimum atomic E-state index is -0.932. The topological polar surface area (TPSA) is 46.5 Å². The van der Waals surface area contributed by atoms with Crippen LogP contribution in [0.3, 0.4) is 0 Å². The second-order valence-electron chi connectivity index (χ2n) is 6.46. The van der Waals surface area contributed by atoms with Crippen LogP contribution in [-0.2, 0) is 0 Å². The summed E-state index contributed by atoms with van der Waals surface area (Å²) in [4.78, 5) is 11.1. The number of carboxylic acids is 1. The molecule has 0 heterocycles. The molecule has 1 fully saturated rings. The third-order valence-electron chi connectivity index (χ3n) is 4.37. The smallest absolute Gasteiger partial charge is 0.335 e. The number of hydrogen-bond acceptors (Lipinski definition) is 2. The van der Waals surface area contributed by atoms with Crippen LogP contribution in [0, 0.1) is 17.8 Å². The molecule has 3 atom stereocenters. The molecule has 1 aromatic rings. The standard InChI is InChI=1S/C17H23BrO3/c1-10(2)15-5-4-11(3)6-16(15)21-14-8-12(17(19)20)7-13(18)9-14/h7-11,15-16H,4-6H2,1-3H3,(H,19,20). The van der Waals surface area contributed by atoms with E-state index >= 15 is 0 Å². The van der Waals surface area contributed by atoms with Gasteiger partial charge in [0, 0.05) is 4.47 Å². The van der Waals surface area contributed by atoms with Crippen molar-refractivity contribution < 1.29 is 14.6 Å². The SMILES string of the molecule is CC1CCC(C(C)C)C(Oc2cc(Br)cc(C(=O)O)c2)C1. The summed E-state index contributed by atoms with van der Waals surface area (Å²) in [6, 6.07) is 5.06. The molecule has 0 aromatic heterocycles. The van der Waals surface area contributed by atoms with E-state index in [1.54, 1.807) is 12.1 Å². The molecule has 0 amide bonds. The Bertz CT molecular complexity index is 513. The first kappa shape index (κ1) is 16.3. The highest BCUT2D eigenvalue weighted by atomic mass is 79.9.